The largest absolute Gasteiger partial charge is 0.497 e. The van der Waals surface area contributed by atoms with Gasteiger partial charge in [-0.1, -0.05) is 19.8 Å². The molecule has 0 spiro atoms. The van der Waals surface area contributed by atoms with Crippen LogP contribution >= 0.6 is 0 Å². The van der Waals surface area contributed by atoms with E-state index in [-0.39, 0.29) is 11.3 Å². The van der Waals surface area contributed by atoms with Crippen molar-refractivity contribution in [3.63, 3.8) is 0 Å². The zero-order valence-electron chi connectivity index (χ0n) is 17.1. The summed E-state index contributed by atoms with van der Waals surface area (Å²) >= 11 is 0. The molecule has 9 nitrogen and oxygen atoms in total. The Hall–Kier alpha value is -3.10. The number of carbonyl (C=O) groups excluding carboxylic acids is 4. The summed E-state index contributed by atoms with van der Waals surface area (Å²) in [6, 6.07) is 3.99. The zero-order chi connectivity index (χ0) is 21.6. The predicted octanol–water partition coefficient (Wildman–Crippen LogP) is 1.93. The highest BCUT2D eigenvalue weighted by molar-refractivity contribution is 6.08. The van der Waals surface area contributed by atoms with Gasteiger partial charge in [0.15, 0.2) is 6.61 Å². The third kappa shape index (κ3) is 5.04. The normalized spacial score (nSPS) is 18.4. The van der Waals surface area contributed by atoms with Crippen LogP contribution in [0.5, 0.6) is 11.5 Å². The smallest absolute Gasteiger partial charge is 0.326 e. The average molecular weight is 406 g/mol. The van der Waals surface area contributed by atoms with Crippen molar-refractivity contribution in [2.45, 2.75) is 38.6 Å². The minimum Gasteiger partial charge on any atom is -0.497 e. The molecule has 158 valence electrons. The number of urea groups is 1. The summed E-state index contributed by atoms with van der Waals surface area (Å²) < 4.78 is 15.2. The molecule has 1 N–H and O–H groups in total. The summed E-state index contributed by atoms with van der Waals surface area (Å²) in [5, 5.41) is 2.62. The first-order valence-electron chi connectivity index (χ1n) is 9.30. The van der Waals surface area contributed by atoms with E-state index in [4.69, 9.17) is 14.2 Å². The standard InChI is InChI=1S/C20H26N2O7/c1-5-6-9-20(2)18(25)22(19(26)21-20)11-17(24)29-12-15(23)14-8-7-13(27-3)10-16(14)28-4/h7-8,10H,5-6,9,11-12H2,1-4H3,(H,21,26)/t20-/m0/s1. The Morgan fingerprint density at radius 3 is 2.52 bits per heavy atom. The van der Waals surface area contributed by atoms with Crippen LogP contribution in [0.3, 0.4) is 0 Å². The van der Waals surface area contributed by atoms with Gasteiger partial charge in [-0.15, -0.1) is 0 Å². The number of rotatable bonds is 10. The maximum Gasteiger partial charge on any atom is 0.326 e. The van der Waals surface area contributed by atoms with E-state index >= 15 is 0 Å². The predicted molar refractivity (Wildman–Crippen MR) is 103 cm³/mol. The third-order valence-corrected chi connectivity index (χ3v) is 4.74. The Labute approximate surface area is 169 Å². The summed E-state index contributed by atoms with van der Waals surface area (Å²) in [6.45, 7) is 2.51. The maximum absolute atomic E-state index is 12.5. The minimum absolute atomic E-state index is 0.225. The second-order valence-electron chi connectivity index (χ2n) is 6.91. The fourth-order valence-corrected chi connectivity index (χ4v) is 3.02. The van der Waals surface area contributed by atoms with Gasteiger partial charge in [-0.3, -0.25) is 19.3 Å². The van der Waals surface area contributed by atoms with Crippen molar-refractivity contribution in [3.05, 3.63) is 23.8 Å². The van der Waals surface area contributed by atoms with Crippen LogP contribution in [0, 0.1) is 0 Å². The second kappa shape index (κ2) is 9.40. The molecule has 1 aromatic rings. The SMILES string of the molecule is CCCC[C@]1(C)NC(=O)N(CC(=O)OCC(=O)c2ccc(OC)cc2OC)C1=O. The lowest BCUT2D eigenvalue weighted by atomic mass is 9.95. The highest BCUT2D eigenvalue weighted by atomic mass is 16.5. The molecule has 1 saturated heterocycles. The zero-order valence-corrected chi connectivity index (χ0v) is 17.1. The summed E-state index contributed by atoms with van der Waals surface area (Å²) in [4.78, 5) is 49.9. The van der Waals surface area contributed by atoms with Crippen LogP contribution in [0.4, 0.5) is 4.79 Å². The number of ether oxygens (including phenoxy) is 3. The molecule has 1 atom stereocenters. The van der Waals surface area contributed by atoms with Crippen molar-refractivity contribution in [2.24, 2.45) is 0 Å². The second-order valence-corrected chi connectivity index (χ2v) is 6.91. The lowest BCUT2D eigenvalue weighted by molar-refractivity contribution is -0.146. The lowest BCUT2D eigenvalue weighted by Gasteiger charge is -2.21. The van der Waals surface area contributed by atoms with Crippen LogP contribution < -0.4 is 14.8 Å². The molecule has 1 heterocycles. The molecule has 0 bridgehead atoms. The van der Waals surface area contributed by atoms with Gasteiger partial charge in [-0.2, -0.15) is 0 Å². The highest BCUT2D eigenvalue weighted by Gasteiger charge is 2.47. The number of hydrogen-bond donors (Lipinski definition) is 1. The van der Waals surface area contributed by atoms with Gasteiger partial charge in [-0.25, -0.2) is 4.79 Å². The number of imide groups is 1. The molecule has 0 saturated carbocycles. The van der Waals surface area contributed by atoms with Crippen LogP contribution in [0.25, 0.3) is 0 Å². The molecule has 0 aliphatic carbocycles. The van der Waals surface area contributed by atoms with E-state index in [9.17, 15) is 19.2 Å². The molecule has 1 fully saturated rings. The Bertz CT molecular complexity index is 808. The first-order chi connectivity index (χ1) is 13.8. The van der Waals surface area contributed by atoms with E-state index in [2.05, 4.69) is 5.32 Å². The van der Waals surface area contributed by atoms with Crippen molar-refractivity contribution < 1.29 is 33.4 Å². The Morgan fingerprint density at radius 2 is 1.90 bits per heavy atom. The van der Waals surface area contributed by atoms with E-state index < -0.39 is 42.4 Å². The summed E-state index contributed by atoms with van der Waals surface area (Å²) in [7, 11) is 2.89. The van der Waals surface area contributed by atoms with Crippen molar-refractivity contribution in [1.82, 2.24) is 10.2 Å². The number of nitrogens with one attached hydrogen (secondary N) is 1. The van der Waals surface area contributed by atoms with Gasteiger partial charge in [0, 0.05) is 6.07 Å². The van der Waals surface area contributed by atoms with Gasteiger partial charge in [0.1, 0.15) is 23.6 Å². The van der Waals surface area contributed by atoms with Gasteiger partial charge in [0.25, 0.3) is 5.91 Å². The van der Waals surface area contributed by atoms with Crippen LogP contribution in [-0.4, -0.2) is 61.5 Å². The van der Waals surface area contributed by atoms with Crippen LogP contribution in [-0.2, 0) is 14.3 Å². The molecule has 3 amide bonds. The van der Waals surface area contributed by atoms with E-state index in [1.165, 1.54) is 20.3 Å². The fraction of sp³-hybridized carbons (Fsp3) is 0.500. The number of Topliss-reactive ketones (excluding diaryl/α,β-unsaturated/α-hetero) is 1. The number of unbranched alkanes of at least 4 members (excludes halogenated alkanes) is 1. The van der Waals surface area contributed by atoms with E-state index in [0.29, 0.717) is 12.2 Å². The minimum atomic E-state index is -1.03. The number of nitrogens with zero attached hydrogens (tertiary/aromatic N) is 1. The fourth-order valence-electron chi connectivity index (χ4n) is 3.02. The number of esters is 1. The molecule has 0 radical (unpaired) electrons. The van der Waals surface area contributed by atoms with Gasteiger partial charge < -0.3 is 19.5 Å². The third-order valence-electron chi connectivity index (χ3n) is 4.74. The molecule has 1 aliphatic heterocycles. The molecular weight excluding hydrogens is 380 g/mol. The number of hydrogen-bond acceptors (Lipinski definition) is 7. The summed E-state index contributed by atoms with van der Waals surface area (Å²) in [5.74, 6) is -1.01. The number of ketones is 1. The topological polar surface area (TPSA) is 111 Å². The number of benzene rings is 1. The molecule has 29 heavy (non-hydrogen) atoms. The van der Waals surface area contributed by atoms with Crippen LogP contribution in [0.1, 0.15) is 43.5 Å². The van der Waals surface area contributed by atoms with Gasteiger partial charge in [-0.05, 0) is 25.5 Å². The van der Waals surface area contributed by atoms with E-state index in [0.717, 1.165) is 17.7 Å². The van der Waals surface area contributed by atoms with Crippen LogP contribution in [0.15, 0.2) is 18.2 Å². The maximum atomic E-state index is 12.5. The Balaban J connectivity index is 1.95. The van der Waals surface area contributed by atoms with Gasteiger partial charge in [0.2, 0.25) is 5.78 Å². The first kappa shape index (κ1) is 22.2. The monoisotopic (exact) mass is 406 g/mol. The number of methoxy groups -OCH3 is 2. The summed E-state index contributed by atoms with van der Waals surface area (Å²) in [6.07, 6.45) is 2.12. The van der Waals surface area contributed by atoms with E-state index in [1.54, 1.807) is 19.1 Å². The highest BCUT2D eigenvalue weighted by Crippen LogP contribution is 2.25. The van der Waals surface area contributed by atoms with Gasteiger partial charge >= 0.3 is 12.0 Å². The molecule has 0 unspecified atom stereocenters. The van der Waals surface area contributed by atoms with Crippen molar-refractivity contribution in [1.29, 1.82) is 0 Å². The van der Waals surface area contributed by atoms with Crippen molar-refractivity contribution in [2.75, 3.05) is 27.4 Å². The quantitative estimate of drug-likeness (QED) is 0.359. The molecule has 0 aromatic heterocycles. The van der Waals surface area contributed by atoms with Gasteiger partial charge in [0.05, 0.1) is 19.8 Å². The molecule has 1 aromatic carbocycles. The average Bonchev–Trinajstić information content (AvgIpc) is 2.93. The lowest BCUT2D eigenvalue weighted by Crippen LogP contribution is -2.44. The van der Waals surface area contributed by atoms with Crippen molar-refractivity contribution >= 4 is 23.7 Å². The van der Waals surface area contributed by atoms with Crippen molar-refractivity contribution in [3.8, 4) is 11.5 Å². The van der Waals surface area contributed by atoms with E-state index in [1.807, 2.05) is 6.92 Å². The molecule has 1 aliphatic rings. The summed E-state index contributed by atoms with van der Waals surface area (Å²) in [5.41, 5.74) is -0.803. The number of carbonyl (C=O) groups is 4. The number of amides is 3. The first-order valence-corrected chi connectivity index (χ1v) is 9.30. The Kier molecular flexibility index (Phi) is 7.19. The molecule has 9 heteroatoms. The Morgan fingerprint density at radius 1 is 1.17 bits per heavy atom. The van der Waals surface area contributed by atoms with Crippen LogP contribution in [0.2, 0.25) is 0 Å². The molecular formula is C20H26N2O7. The molecule has 2 rings (SSSR count).